The molecule has 1 saturated heterocycles. The van der Waals surface area contributed by atoms with Crippen LogP contribution < -0.4 is 5.32 Å². The van der Waals surface area contributed by atoms with E-state index in [1.54, 1.807) is 0 Å². The number of nitrogens with zero attached hydrogens (tertiary/aromatic N) is 1. The maximum absolute atomic E-state index is 14.0. The zero-order chi connectivity index (χ0) is 13.1. The van der Waals surface area contributed by atoms with E-state index in [1.807, 2.05) is 0 Å². The molecule has 0 bridgehead atoms. The molecule has 0 radical (unpaired) electrons. The van der Waals surface area contributed by atoms with Crippen LogP contribution in [0.25, 0.3) is 0 Å². The summed E-state index contributed by atoms with van der Waals surface area (Å²) >= 11 is 0. The van der Waals surface area contributed by atoms with Crippen LogP contribution in [-0.2, 0) is 0 Å². The van der Waals surface area contributed by atoms with Crippen molar-refractivity contribution in [2.75, 3.05) is 6.54 Å². The quantitative estimate of drug-likeness (QED) is 0.653. The van der Waals surface area contributed by atoms with Gasteiger partial charge in [-0.15, -0.1) is 0 Å². The summed E-state index contributed by atoms with van der Waals surface area (Å²) in [6, 6.07) is 1.32. The van der Waals surface area contributed by atoms with E-state index in [9.17, 15) is 18.9 Å². The lowest BCUT2D eigenvalue weighted by Crippen LogP contribution is -2.21. The second-order valence-corrected chi connectivity index (χ2v) is 4.44. The molecule has 0 aromatic heterocycles. The smallest absolute Gasteiger partial charge is 0.308 e. The fraction of sp³-hybridized carbons (Fsp3) is 0.500. The third kappa shape index (κ3) is 2.64. The van der Waals surface area contributed by atoms with E-state index < -0.39 is 22.2 Å². The van der Waals surface area contributed by atoms with E-state index in [0.29, 0.717) is 19.0 Å². The van der Waals surface area contributed by atoms with Crippen LogP contribution in [0.5, 0.6) is 0 Å². The first-order valence-corrected chi connectivity index (χ1v) is 5.96. The minimum Gasteiger partial charge on any atom is -0.310 e. The molecule has 2 rings (SSSR count). The summed E-state index contributed by atoms with van der Waals surface area (Å²) in [7, 11) is 0. The van der Waals surface area contributed by atoms with E-state index in [1.165, 1.54) is 0 Å². The molecule has 18 heavy (non-hydrogen) atoms. The van der Waals surface area contributed by atoms with Crippen molar-refractivity contribution in [3.8, 4) is 0 Å². The fourth-order valence-corrected chi connectivity index (χ4v) is 2.28. The van der Waals surface area contributed by atoms with Gasteiger partial charge >= 0.3 is 5.69 Å². The highest BCUT2D eigenvalue weighted by Crippen LogP contribution is 2.30. The van der Waals surface area contributed by atoms with E-state index in [-0.39, 0.29) is 11.6 Å². The molecular formula is C12H14F2N2O2. The molecule has 1 aromatic rings. The highest BCUT2D eigenvalue weighted by atomic mass is 19.1. The summed E-state index contributed by atoms with van der Waals surface area (Å²) in [5.74, 6) is -1.70. The van der Waals surface area contributed by atoms with Crippen molar-refractivity contribution in [1.29, 1.82) is 0 Å². The topological polar surface area (TPSA) is 55.2 Å². The monoisotopic (exact) mass is 256 g/mol. The molecule has 98 valence electrons. The van der Waals surface area contributed by atoms with Gasteiger partial charge in [0.1, 0.15) is 5.82 Å². The van der Waals surface area contributed by atoms with Crippen molar-refractivity contribution >= 4 is 5.69 Å². The number of halogens is 2. The first-order chi connectivity index (χ1) is 8.59. The molecule has 1 atom stereocenters. The van der Waals surface area contributed by atoms with Crippen LogP contribution in [0.15, 0.2) is 12.1 Å². The second-order valence-electron chi connectivity index (χ2n) is 4.44. The molecule has 0 aliphatic carbocycles. The Kier molecular flexibility index (Phi) is 3.86. The van der Waals surface area contributed by atoms with Gasteiger partial charge in [0.05, 0.1) is 11.0 Å². The SMILES string of the molecule is O=[N+]([O-])c1cc(F)cc(C2CCCCCN2)c1F. The summed E-state index contributed by atoms with van der Waals surface area (Å²) in [6.45, 7) is 0.717. The van der Waals surface area contributed by atoms with Gasteiger partial charge < -0.3 is 5.32 Å². The molecule has 1 aliphatic rings. The third-order valence-corrected chi connectivity index (χ3v) is 3.18. The summed E-state index contributed by atoms with van der Waals surface area (Å²) in [5.41, 5.74) is -0.736. The molecule has 1 heterocycles. The van der Waals surface area contributed by atoms with E-state index in [0.717, 1.165) is 25.3 Å². The van der Waals surface area contributed by atoms with E-state index >= 15 is 0 Å². The van der Waals surface area contributed by atoms with Crippen LogP contribution in [0.2, 0.25) is 0 Å². The van der Waals surface area contributed by atoms with Crippen molar-refractivity contribution in [1.82, 2.24) is 5.32 Å². The molecular weight excluding hydrogens is 242 g/mol. The van der Waals surface area contributed by atoms with Gasteiger partial charge in [-0.2, -0.15) is 4.39 Å². The number of benzene rings is 1. The highest BCUT2D eigenvalue weighted by molar-refractivity contribution is 5.39. The third-order valence-electron chi connectivity index (χ3n) is 3.18. The van der Waals surface area contributed by atoms with Gasteiger partial charge in [-0.3, -0.25) is 10.1 Å². The zero-order valence-electron chi connectivity index (χ0n) is 9.79. The Morgan fingerprint density at radius 2 is 2.06 bits per heavy atom. The number of hydrogen-bond donors (Lipinski definition) is 1. The summed E-state index contributed by atoms with van der Waals surface area (Å²) in [6.07, 6.45) is 3.58. The van der Waals surface area contributed by atoms with Gasteiger partial charge in [0.2, 0.25) is 5.82 Å². The first-order valence-electron chi connectivity index (χ1n) is 5.96. The van der Waals surface area contributed by atoms with Crippen molar-refractivity contribution in [3.63, 3.8) is 0 Å². The maximum atomic E-state index is 14.0. The number of hydrogen-bond acceptors (Lipinski definition) is 3. The highest BCUT2D eigenvalue weighted by Gasteiger charge is 2.25. The van der Waals surface area contributed by atoms with Gasteiger partial charge in [0.25, 0.3) is 0 Å². The van der Waals surface area contributed by atoms with Gasteiger partial charge in [-0.1, -0.05) is 12.8 Å². The van der Waals surface area contributed by atoms with E-state index in [4.69, 9.17) is 0 Å². The van der Waals surface area contributed by atoms with Crippen molar-refractivity contribution in [2.24, 2.45) is 0 Å². The number of nitro groups is 1. The standard InChI is InChI=1S/C12H14F2N2O2/c13-8-6-9(10-4-2-1-3-5-15-10)12(14)11(7-8)16(17)18/h6-7,10,15H,1-5H2. The maximum Gasteiger partial charge on any atom is 0.308 e. The average Bonchev–Trinajstić information content (AvgIpc) is 2.60. The Morgan fingerprint density at radius 1 is 1.28 bits per heavy atom. The summed E-state index contributed by atoms with van der Waals surface area (Å²) < 4.78 is 27.3. The lowest BCUT2D eigenvalue weighted by atomic mass is 10.0. The molecule has 1 unspecified atom stereocenters. The molecule has 0 amide bonds. The minimum absolute atomic E-state index is 0.0589. The molecule has 0 saturated carbocycles. The summed E-state index contributed by atoms with van der Waals surface area (Å²) in [5, 5.41) is 13.8. The van der Waals surface area contributed by atoms with Crippen LogP contribution in [0.4, 0.5) is 14.5 Å². The Bertz CT molecular complexity index is 458. The minimum atomic E-state index is -0.930. The predicted octanol–water partition coefficient (Wildman–Crippen LogP) is 3.08. The number of nitrogens with one attached hydrogen (secondary N) is 1. The molecule has 1 aliphatic heterocycles. The van der Waals surface area contributed by atoms with Gasteiger partial charge in [0, 0.05) is 11.6 Å². The van der Waals surface area contributed by atoms with Crippen LogP contribution in [-0.4, -0.2) is 11.5 Å². The zero-order valence-corrected chi connectivity index (χ0v) is 9.79. The van der Waals surface area contributed by atoms with Crippen LogP contribution >= 0.6 is 0 Å². The normalized spacial score (nSPS) is 20.4. The fourth-order valence-electron chi connectivity index (χ4n) is 2.28. The number of nitro benzene ring substituents is 1. The van der Waals surface area contributed by atoms with Crippen molar-refractivity contribution in [3.05, 3.63) is 39.4 Å². The molecule has 1 aromatic carbocycles. The van der Waals surface area contributed by atoms with Crippen molar-refractivity contribution in [2.45, 2.75) is 31.7 Å². The lowest BCUT2D eigenvalue weighted by Gasteiger charge is -2.16. The predicted molar refractivity (Wildman–Crippen MR) is 62.2 cm³/mol. The largest absolute Gasteiger partial charge is 0.310 e. The van der Waals surface area contributed by atoms with Gasteiger partial charge in [-0.25, -0.2) is 4.39 Å². The average molecular weight is 256 g/mol. The van der Waals surface area contributed by atoms with Crippen LogP contribution in [0, 0.1) is 21.7 Å². The molecule has 6 heteroatoms. The summed E-state index contributed by atoms with van der Waals surface area (Å²) in [4.78, 5) is 9.77. The molecule has 4 nitrogen and oxygen atoms in total. The van der Waals surface area contributed by atoms with Crippen molar-refractivity contribution < 1.29 is 13.7 Å². The van der Waals surface area contributed by atoms with Gasteiger partial charge in [0.15, 0.2) is 0 Å². The molecule has 1 N–H and O–H groups in total. The lowest BCUT2D eigenvalue weighted by molar-refractivity contribution is -0.387. The number of rotatable bonds is 2. The Morgan fingerprint density at radius 3 is 2.78 bits per heavy atom. The second kappa shape index (κ2) is 5.39. The van der Waals surface area contributed by atoms with Crippen LogP contribution in [0.1, 0.15) is 37.3 Å². The van der Waals surface area contributed by atoms with Crippen LogP contribution in [0.3, 0.4) is 0 Å². The Balaban J connectivity index is 2.39. The Labute approximate surface area is 103 Å². The molecule has 0 spiro atoms. The molecule has 1 fully saturated rings. The van der Waals surface area contributed by atoms with Gasteiger partial charge in [-0.05, 0) is 25.5 Å². The van der Waals surface area contributed by atoms with E-state index in [2.05, 4.69) is 5.32 Å². The first kappa shape index (κ1) is 12.9. The Hall–Kier alpha value is -1.56.